The Labute approximate surface area is 201 Å². The Balaban J connectivity index is 1.32. The monoisotopic (exact) mass is 463 g/mol. The molecule has 0 aromatic carbocycles. The highest BCUT2D eigenvalue weighted by Gasteiger charge is 2.57. The van der Waals surface area contributed by atoms with E-state index in [1.54, 1.807) is 23.9 Å². The zero-order chi connectivity index (χ0) is 24.1. The molecule has 6 nitrogen and oxygen atoms in total. The molecule has 182 valence electrons. The van der Waals surface area contributed by atoms with Crippen LogP contribution in [0.2, 0.25) is 0 Å². The second kappa shape index (κ2) is 8.54. The maximum absolute atomic E-state index is 13.5. The van der Waals surface area contributed by atoms with Crippen LogP contribution in [0.4, 0.5) is 0 Å². The lowest BCUT2D eigenvalue weighted by Crippen LogP contribution is -2.53. The lowest BCUT2D eigenvalue weighted by molar-refractivity contribution is -0.169. The molecule has 0 aliphatic heterocycles. The molecule has 6 heteroatoms. The predicted molar refractivity (Wildman–Crippen MR) is 132 cm³/mol. The number of ether oxygens (including phenoxy) is 1. The molecule has 4 atom stereocenters. The van der Waals surface area contributed by atoms with Crippen LogP contribution in [0.25, 0.3) is 5.65 Å². The third kappa shape index (κ3) is 3.66. The fourth-order valence-electron chi connectivity index (χ4n) is 7.09. The van der Waals surface area contributed by atoms with Gasteiger partial charge in [0, 0.05) is 6.20 Å². The van der Waals surface area contributed by atoms with E-state index in [1.165, 1.54) is 27.5 Å². The minimum atomic E-state index is -0.499. The smallest absolute Gasteiger partial charge is 0.350 e. The Morgan fingerprint density at radius 1 is 1.26 bits per heavy atom. The van der Waals surface area contributed by atoms with Gasteiger partial charge in [-0.25, -0.2) is 9.48 Å². The van der Waals surface area contributed by atoms with Crippen molar-refractivity contribution in [2.75, 3.05) is 6.61 Å². The molecule has 0 amide bonds. The average molecular weight is 464 g/mol. The van der Waals surface area contributed by atoms with Gasteiger partial charge in [-0.3, -0.25) is 9.20 Å². The number of nitrogens with zero attached hydrogens (tertiary/aromatic N) is 3. The van der Waals surface area contributed by atoms with Crippen molar-refractivity contribution in [3.05, 3.63) is 58.2 Å². The Morgan fingerprint density at radius 3 is 2.85 bits per heavy atom. The van der Waals surface area contributed by atoms with Crippen LogP contribution in [0.3, 0.4) is 0 Å². The number of carbonyl (C=O) groups excluding carboxylic acids is 1. The van der Waals surface area contributed by atoms with Crippen molar-refractivity contribution < 1.29 is 9.53 Å². The van der Waals surface area contributed by atoms with E-state index >= 15 is 0 Å². The van der Waals surface area contributed by atoms with Crippen LogP contribution in [0.15, 0.2) is 52.5 Å². The van der Waals surface area contributed by atoms with Crippen molar-refractivity contribution in [2.45, 2.75) is 72.8 Å². The molecular formula is C28H37N3O3. The van der Waals surface area contributed by atoms with Crippen LogP contribution in [0.1, 0.15) is 66.2 Å². The van der Waals surface area contributed by atoms with Gasteiger partial charge in [-0.15, -0.1) is 5.10 Å². The largest absolute Gasteiger partial charge is 0.463 e. The first kappa shape index (κ1) is 23.1. The summed E-state index contributed by atoms with van der Waals surface area (Å²) in [5.74, 6) is 1.28. The Bertz CT molecular complexity index is 1220. The van der Waals surface area contributed by atoms with Crippen LogP contribution in [-0.4, -0.2) is 26.8 Å². The van der Waals surface area contributed by atoms with Gasteiger partial charge in [-0.05, 0) is 79.9 Å². The van der Waals surface area contributed by atoms with E-state index in [4.69, 9.17) is 4.74 Å². The van der Waals surface area contributed by atoms with Crippen LogP contribution >= 0.6 is 0 Å². The van der Waals surface area contributed by atoms with E-state index in [9.17, 15) is 9.59 Å². The van der Waals surface area contributed by atoms with E-state index in [1.807, 2.05) is 6.07 Å². The third-order valence-electron chi connectivity index (χ3n) is 9.07. The average Bonchev–Trinajstić information content (AvgIpc) is 3.14. The van der Waals surface area contributed by atoms with Gasteiger partial charge in [0.05, 0.1) is 12.0 Å². The van der Waals surface area contributed by atoms with E-state index in [2.05, 4.69) is 44.9 Å². The van der Waals surface area contributed by atoms with Crippen molar-refractivity contribution >= 4 is 11.6 Å². The fourth-order valence-corrected chi connectivity index (χ4v) is 7.09. The summed E-state index contributed by atoms with van der Waals surface area (Å²) >= 11 is 0. The molecule has 1 saturated carbocycles. The van der Waals surface area contributed by atoms with Gasteiger partial charge in [0.15, 0.2) is 5.65 Å². The number of hydrogen-bond donors (Lipinski definition) is 0. The summed E-state index contributed by atoms with van der Waals surface area (Å²) in [5, 5.41) is 4.34. The first-order chi connectivity index (χ1) is 16.2. The number of carbonyl (C=O) groups is 1. The molecule has 0 bridgehead atoms. The van der Waals surface area contributed by atoms with Gasteiger partial charge in [-0.2, -0.15) is 0 Å². The number of allylic oxidation sites excluding steroid dienone is 4. The minimum Gasteiger partial charge on any atom is -0.463 e. The number of fused-ring (bicyclic) bond motifs is 4. The molecule has 0 spiro atoms. The summed E-state index contributed by atoms with van der Waals surface area (Å²) in [4.78, 5) is 26.0. The van der Waals surface area contributed by atoms with Crippen LogP contribution in [0.5, 0.6) is 0 Å². The maximum Gasteiger partial charge on any atom is 0.350 e. The molecule has 0 saturated heterocycles. The minimum absolute atomic E-state index is 0.119. The Hall–Kier alpha value is -2.63. The SMILES string of the molecule is CC(C)C1=CC2=CC[C@@H]3[C@](C)(CCC[C@@]3(C)C(=O)OCCn3nc4ccccn4c3=O)[C@H]2CC1. The van der Waals surface area contributed by atoms with Gasteiger partial charge in [0.1, 0.15) is 6.61 Å². The molecule has 2 aromatic rings. The highest BCUT2D eigenvalue weighted by Crippen LogP contribution is 2.62. The molecule has 5 rings (SSSR count). The van der Waals surface area contributed by atoms with Gasteiger partial charge < -0.3 is 4.74 Å². The summed E-state index contributed by atoms with van der Waals surface area (Å²) < 4.78 is 8.72. The summed E-state index contributed by atoms with van der Waals surface area (Å²) in [6, 6.07) is 5.45. The quantitative estimate of drug-likeness (QED) is 0.574. The summed E-state index contributed by atoms with van der Waals surface area (Å²) in [7, 11) is 0. The van der Waals surface area contributed by atoms with Gasteiger partial charge in [0.2, 0.25) is 0 Å². The fraction of sp³-hybridized carbons (Fsp3) is 0.607. The molecule has 0 N–H and O–H groups in total. The lowest BCUT2D eigenvalue weighted by Gasteiger charge is -2.57. The van der Waals surface area contributed by atoms with Crippen molar-refractivity contribution in [3.63, 3.8) is 0 Å². The maximum atomic E-state index is 13.5. The number of hydrogen-bond acceptors (Lipinski definition) is 4. The molecule has 3 aliphatic carbocycles. The molecular weight excluding hydrogens is 426 g/mol. The predicted octanol–water partition coefficient (Wildman–Crippen LogP) is 5.17. The number of aromatic nitrogens is 3. The summed E-state index contributed by atoms with van der Waals surface area (Å²) in [6.45, 7) is 9.53. The normalized spacial score (nSPS) is 31.0. The molecule has 2 heterocycles. The van der Waals surface area contributed by atoms with Gasteiger partial charge in [0.25, 0.3) is 0 Å². The second-order valence-corrected chi connectivity index (χ2v) is 11.3. The topological polar surface area (TPSA) is 65.6 Å². The highest BCUT2D eigenvalue weighted by molar-refractivity contribution is 5.77. The van der Waals surface area contributed by atoms with Crippen LogP contribution in [-0.2, 0) is 16.1 Å². The first-order valence-electron chi connectivity index (χ1n) is 12.9. The lowest BCUT2D eigenvalue weighted by atomic mass is 9.47. The van der Waals surface area contributed by atoms with Crippen LogP contribution in [0, 0.1) is 28.6 Å². The Kier molecular flexibility index (Phi) is 5.81. The number of esters is 1. The molecule has 1 fully saturated rings. The second-order valence-electron chi connectivity index (χ2n) is 11.3. The summed E-state index contributed by atoms with van der Waals surface area (Å²) in [6.07, 6.45) is 12.9. The number of rotatable bonds is 5. The van der Waals surface area contributed by atoms with E-state index < -0.39 is 5.41 Å². The van der Waals surface area contributed by atoms with Gasteiger partial charge >= 0.3 is 11.7 Å². The van der Waals surface area contributed by atoms with E-state index in [0.717, 1.165) is 25.7 Å². The zero-order valence-corrected chi connectivity index (χ0v) is 20.9. The first-order valence-corrected chi connectivity index (χ1v) is 12.9. The molecule has 0 radical (unpaired) electrons. The van der Waals surface area contributed by atoms with Gasteiger partial charge in [-0.1, -0.05) is 51.0 Å². The summed E-state index contributed by atoms with van der Waals surface area (Å²) in [5.41, 5.74) is 3.07. The van der Waals surface area contributed by atoms with Crippen LogP contribution < -0.4 is 5.69 Å². The highest BCUT2D eigenvalue weighted by atomic mass is 16.5. The third-order valence-corrected chi connectivity index (χ3v) is 9.07. The Morgan fingerprint density at radius 2 is 2.09 bits per heavy atom. The van der Waals surface area contributed by atoms with Crippen molar-refractivity contribution in [1.29, 1.82) is 0 Å². The zero-order valence-electron chi connectivity index (χ0n) is 20.9. The van der Waals surface area contributed by atoms with E-state index in [-0.39, 0.29) is 36.1 Å². The van der Waals surface area contributed by atoms with Crippen molar-refractivity contribution in [2.24, 2.45) is 28.6 Å². The molecule has 3 aliphatic rings. The standard InChI is InChI=1S/C28H37N3O3/c1-19(2)20-9-11-22-21(18-20)10-12-23-27(22,3)13-7-14-28(23,4)25(32)34-17-16-31-26(33)30-15-6-5-8-24(30)29-31/h5-6,8,10,15,18-19,22-23H,7,9,11-14,16-17H2,1-4H3/t22-,23+,27+,28+/m0/s1. The van der Waals surface area contributed by atoms with Crippen molar-refractivity contribution in [1.82, 2.24) is 14.2 Å². The van der Waals surface area contributed by atoms with E-state index in [0.29, 0.717) is 17.5 Å². The number of pyridine rings is 1. The molecule has 2 aromatic heterocycles. The van der Waals surface area contributed by atoms with Crippen molar-refractivity contribution in [3.8, 4) is 0 Å². The molecule has 34 heavy (non-hydrogen) atoms. The molecule has 0 unspecified atom stereocenters.